The highest BCUT2D eigenvalue weighted by molar-refractivity contribution is 5.89. The van der Waals surface area contributed by atoms with Gasteiger partial charge in [-0.1, -0.05) is 18.2 Å². The second-order valence-electron chi connectivity index (χ2n) is 3.72. The zero-order valence-corrected chi connectivity index (χ0v) is 9.54. The van der Waals surface area contributed by atoms with Crippen molar-refractivity contribution in [1.29, 1.82) is 0 Å². The van der Waals surface area contributed by atoms with Crippen molar-refractivity contribution in [3.63, 3.8) is 0 Å². The van der Waals surface area contributed by atoms with Crippen LogP contribution in [0.5, 0.6) is 0 Å². The first-order valence-corrected chi connectivity index (χ1v) is 5.58. The van der Waals surface area contributed by atoms with Gasteiger partial charge in [-0.15, -0.1) is 0 Å². The van der Waals surface area contributed by atoms with Crippen LogP contribution in [-0.2, 0) is 9.53 Å². The maximum absolute atomic E-state index is 11.5. The Balaban J connectivity index is 2.26. The number of aliphatic hydroxyl groups is 1. The first-order chi connectivity index (χ1) is 8.24. The van der Waals surface area contributed by atoms with Crippen LogP contribution in [-0.4, -0.2) is 30.1 Å². The molecule has 1 atom stereocenters. The van der Waals surface area contributed by atoms with E-state index in [1.807, 2.05) is 6.07 Å². The molecule has 0 saturated heterocycles. The third-order valence-corrected chi connectivity index (χ3v) is 2.28. The third-order valence-electron chi connectivity index (χ3n) is 2.28. The highest BCUT2D eigenvalue weighted by atomic mass is 16.5. The van der Waals surface area contributed by atoms with Gasteiger partial charge in [-0.25, -0.2) is 4.79 Å². The lowest BCUT2D eigenvalue weighted by Crippen LogP contribution is -2.18. The molecule has 0 aliphatic heterocycles. The molecule has 0 spiro atoms. The molecule has 4 nitrogen and oxygen atoms in total. The summed E-state index contributed by atoms with van der Waals surface area (Å²) in [5, 5.41) is 9.48. The smallest absolute Gasteiger partial charge is 0.338 e. The second kappa shape index (κ2) is 7.57. The number of rotatable bonds is 7. The number of unbranched alkanes of at least 4 members (excludes halogenated alkanes) is 1. The van der Waals surface area contributed by atoms with Gasteiger partial charge in [-0.05, 0) is 25.0 Å². The Labute approximate surface area is 100 Å². The molecular formula is C13H16O4. The van der Waals surface area contributed by atoms with Crippen LogP contribution in [0.25, 0.3) is 0 Å². The van der Waals surface area contributed by atoms with Gasteiger partial charge in [0, 0.05) is 6.42 Å². The van der Waals surface area contributed by atoms with Crippen LogP contribution in [0, 0.1) is 0 Å². The predicted octanol–water partition coefficient (Wildman–Crippen LogP) is 1.57. The molecule has 0 aliphatic rings. The number of benzene rings is 1. The van der Waals surface area contributed by atoms with E-state index in [0.29, 0.717) is 24.8 Å². The fourth-order valence-corrected chi connectivity index (χ4v) is 1.35. The SMILES string of the molecule is O=CCCC[C@H](O)COC(=O)c1ccccc1. The summed E-state index contributed by atoms with van der Waals surface area (Å²) in [5.74, 6) is -0.444. The first kappa shape index (κ1) is 13.4. The lowest BCUT2D eigenvalue weighted by molar-refractivity contribution is -0.108. The number of carbonyl (C=O) groups excluding carboxylic acids is 2. The van der Waals surface area contributed by atoms with Gasteiger partial charge in [-0.3, -0.25) is 0 Å². The summed E-state index contributed by atoms with van der Waals surface area (Å²) in [5.41, 5.74) is 0.465. The van der Waals surface area contributed by atoms with Crippen LogP contribution in [0.15, 0.2) is 30.3 Å². The zero-order chi connectivity index (χ0) is 12.5. The molecule has 0 unspecified atom stereocenters. The number of hydrogen-bond donors (Lipinski definition) is 1. The molecule has 92 valence electrons. The molecule has 4 heteroatoms. The van der Waals surface area contributed by atoms with E-state index in [4.69, 9.17) is 4.74 Å². The minimum Gasteiger partial charge on any atom is -0.459 e. The van der Waals surface area contributed by atoms with Gasteiger partial charge in [-0.2, -0.15) is 0 Å². The summed E-state index contributed by atoms with van der Waals surface area (Å²) >= 11 is 0. The molecule has 0 bridgehead atoms. The van der Waals surface area contributed by atoms with Gasteiger partial charge in [0.25, 0.3) is 0 Å². The summed E-state index contributed by atoms with van der Waals surface area (Å²) in [4.78, 5) is 21.6. The number of carbonyl (C=O) groups is 2. The molecular weight excluding hydrogens is 220 g/mol. The zero-order valence-electron chi connectivity index (χ0n) is 9.54. The van der Waals surface area contributed by atoms with E-state index in [1.54, 1.807) is 24.3 Å². The molecule has 0 radical (unpaired) electrons. The van der Waals surface area contributed by atoms with E-state index in [-0.39, 0.29) is 6.61 Å². The van der Waals surface area contributed by atoms with Gasteiger partial charge in [0.15, 0.2) is 0 Å². The summed E-state index contributed by atoms with van der Waals surface area (Å²) in [6.45, 7) is -0.0351. The molecule has 0 fully saturated rings. The number of esters is 1. The Hall–Kier alpha value is -1.68. The molecule has 1 N–H and O–H groups in total. The highest BCUT2D eigenvalue weighted by Gasteiger charge is 2.10. The maximum Gasteiger partial charge on any atom is 0.338 e. The van der Waals surface area contributed by atoms with E-state index in [0.717, 1.165) is 6.29 Å². The molecule has 0 aromatic heterocycles. The van der Waals surface area contributed by atoms with Crippen molar-refractivity contribution in [2.45, 2.75) is 25.4 Å². The van der Waals surface area contributed by atoms with E-state index >= 15 is 0 Å². The standard InChI is InChI=1S/C13H16O4/c14-9-5-4-8-12(15)10-17-13(16)11-6-2-1-3-7-11/h1-3,6-7,9,12,15H,4-5,8,10H2/t12-/m0/s1. The molecule has 0 amide bonds. The number of ether oxygens (including phenoxy) is 1. The van der Waals surface area contributed by atoms with Crippen LogP contribution in [0.4, 0.5) is 0 Å². The summed E-state index contributed by atoms with van der Waals surface area (Å²) in [6.07, 6.45) is 1.59. The number of aldehydes is 1. The van der Waals surface area contributed by atoms with E-state index < -0.39 is 12.1 Å². The Kier molecular flexibility index (Phi) is 5.96. The van der Waals surface area contributed by atoms with Crippen molar-refractivity contribution >= 4 is 12.3 Å². The van der Waals surface area contributed by atoms with E-state index in [2.05, 4.69) is 0 Å². The van der Waals surface area contributed by atoms with Crippen molar-refractivity contribution in [3.05, 3.63) is 35.9 Å². The van der Waals surface area contributed by atoms with Crippen molar-refractivity contribution in [2.24, 2.45) is 0 Å². The molecule has 0 aliphatic carbocycles. The number of hydrogen-bond acceptors (Lipinski definition) is 4. The highest BCUT2D eigenvalue weighted by Crippen LogP contribution is 2.04. The van der Waals surface area contributed by atoms with Crippen molar-refractivity contribution < 1.29 is 19.4 Å². The monoisotopic (exact) mass is 236 g/mol. The molecule has 1 aromatic rings. The predicted molar refractivity (Wildman–Crippen MR) is 62.6 cm³/mol. The van der Waals surface area contributed by atoms with Gasteiger partial charge in [0.05, 0.1) is 11.7 Å². The summed E-state index contributed by atoms with van der Waals surface area (Å²) < 4.78 is 4.94. The molecule has 1 aromatic carbocycles. The largest absolute Gasteiger partial charge is 0.459 e. The van der Waals surface area contributed by atoms with Gasteiger partial charge < -0.3 is 14.6 Å². The van der Waals surface area contributed by atoms with Crippen LogP contribution < -0.4 is 0 Å². The minimum absolute atomic E-state index is 0.0351. The Morgan fingerprint density at radius 3 is 2.71 bits per heavy atom. The number of aliphatic hydroxyl groups excluding tert-OH is 1. The fraction of sp³-hybridized carbons (Fsp3) is 0.385. The van der Waals surface area contributed by atoms with Crippen molar-refractivity contribution in [1.82, 2.24) is 0 Å². The lowest BCUT2D eigenvalue weighted by Gasteiger charge is -2.10. The minimum atomic E-state index is -0.706. The lowest BCUT2D eigenvalue weighted by atomic mass is 10.2. The van der Waals surface area contributed by atoms with E-state index in [1.165, 1.54) is 0 Å². The maximum atomic E-state index is 11.5. The summed E-state index contributed by atoms with van der Waals surface area (Å²) in [7, 11) is 0. The average molecular weight is 236 g/mol. The molecule has 17 heavy (non-hydrogen) atoms. The first-order valence-electron chi connectivity index (χ1n) is 5.58. The van der Waals surface area contributed by atoms with Crippen LogP contribution in [0.3, 0.4) is 0 Å². The van der Waals surface area contributed by atoms with E-state index in [9.17, 15) is 14.7 Å². The van der Waals surface area contributed by atoms with Crippen molar-refractivity contribution in [3.8, 4) is 0 Å². The Bertz CT molecular complexity index is 348. The van der Waals surface area contributed by atoms with Crippen LogP contribution >= 0.6 is 0 Å². The third kappa shape index (κ3) is 5.26. The van der Waals surface area contributed by atoms with Gasteiger partial charge in [0.1, 0.15) is 12.9 Å². The van der Waals surface area contributed by atoms with Crippen LogP contribution in [0.2, 0.25) is 0 Å². The second-order valence-corrected chi connectivity index (χ2v) is 3.72. The fourth-order valence-electron chi connectivity index (χ4n) is 1.35. The molecule has 1 rings (SSSR count). The Morgan fingerprint density at radius 1 is 1.35 bits per heavy atom. The van der Waals surface area contributed by atoms with Crippen molar-refractivity contribution in [2.75, 3.05) is 6.61 Å². The van der Waals surface area contributed by atoms with Gasteiger partial charge in [0.2, 0.25) is 0 Å². The average Bonchev–Trinajstić information content (AvgIpc) is 2.37. The Morgan fingerprint density at radius 2 is 2.06 bits per heavy atom. The van der Waals surface area contributed by atoms with Crippen LogP contribution in [0.1, 0.15) is 29.6 Å². The molecule has 0 heterocycles. The quantitative estimate of drug-likeness (QED) is 0.443. The van der Waals surface area contributed by atoms with Gasteiger partial charge >= 0.3 is 5.97 Å². The summed E-state index contributed by atoms with van der Waals surface area (Å²) in [6, 6.07) is 8.61. The molecule has 0 saturated carbocycles. The topological polar surface area (TPSA) is 63.6 Å². The normalized spacial score (nSPS) is 11.8.